The molecule has 0 spiro atoms. The van der Waals surface area contributed by atoms with E-state index in [1.807, 2.05) is 44.4 Å². The van der Waals surface area contributed by atoms with Crippen LogP contribution in [-0.4, -0.2) is 29.0 Å². The van der Waals surface area contributed by atoms with Gasteiger partial charge in [0.2, 0.25) is 11.0 Å². The second kappa shape index (κ2) is 11.0. The van der Waals surface area contributed by atoms with Crippen LogP contribution >= 0.6 is 11.6 Å². The van der Waals surface area contributed by atoms with Crippen molar-refractivity contribution in [2.45, 2.75) is 20.3 Å². The van der Waals surface area contributed by atoms with Crippen molar-refractivity contribution in [2.75, 3.05) is 18.0 Å². The quantitative estimate of drug-likeness (QED) is 0.431. The van der Waals surface area contributed by atoms with Crippen LogP contribution in [0.5, 0.6) is 0 Å². The number of hydrogen-bond donors (Lipinski definition) is 0. The molecule has 0 aliphatic carbocycles. The highest BCUT2D eigenvalue weighted by molar-refractivity contribution is 6.31. The Hall–Kier alpha value is -3.51. The zero-order valence-electron chi connectivity index (χ0n) is 17.9. The molecule has 2 aromatic carbocycles. The maximum Gasteiger partial charge on any atom is 0.225 e. The average molecular weight is 442 g/mol. The Bertz CT molecular complexity index is 1110. The van der Waals surface area contributed by atoms with E-state index < -0.39 is 5.97 Å². The lowest BCUT2D eigenvalue weighted by molar-refractivity contribution is -0.708. The number of azo groups is 1. The minimum Gasteiger partial charge on any atom is -0.550 e. The van der Waals surface area contributed by atoms with Gasteiger partial charge in [-0.3, -0.25) is 0 Å². The second-order valence-electron chi connectivity index (χ2n) is 6.63. The van der Waals surface area contributed by atoms with Crippen LogP contribution in [0.2, 0.25) is 5.02 Å². The van der Waals surface area contributed by atoms with Gasteiger partial charge >= 0.3 is 0 Å². The monoisotopic (exact) mass is 441 g/mol. The van der Waals surface area contributed by atoms with Gasteiger partial charge in [-0.1, -0.05) is 11.6 Å². The summed E-state index contributed by atoms with van der Waals surface area (Å²) >= 11 is 6.22. The number of halogens is 1. The minimum atomic E-state index is -1.08. The first kappa shape index (κ1) is 23.8. The van der Waals surface area contributed by atoms with E-state index in [-0.39, 0.29) is 0 Å². The van der Waals surface area contributed by atoms with Crippen LogP contribution in [0.3, 0.4) is 0 Å². The van der Waals surface area contributed by atoms with Gasteiger partial charge in [0.1, 0.15) is 19.8 Å². The number of carbonyl (C=O) groups is 1. The van der Waals surface area contributed by atoms with Crippen LogP contribution in [0.1, 0.15) is 20.3 Å². The molecule has 0 bridgehead atoms. The van der Waals surface area contributed by atoms with Crippen LogP contribution in [-0.2, 0) is 18.9 Å². The number of fused-ring (bicyclic) bond motifs is 1. The Labute approximate surface area is 185 Å². The first-order valence-corrected chi connectivity index (χ1v) is 9.98. The predicted octanol–water partition coefficient (Wildman–Crippen LogP) is 2.96. The molecule has 1 heterocycles. The fourth-order valence-corrected chi connectivity index (χ4v) is 3.22. The van der Waals surface area contributed by atoms with Gasteiger partial charge < -0.3 is 14.8 Å². The summed E-state index contributed by atoms with van der Waals surface area (Å²) in [7, 11) is 3.73. The zero-order chi connectivity index (χ0) is 23.0. The number of nitrogens with zero attached hydrogens (tertiary/aromatic N) is 7. The first-order valence-electron chi connectivity index (χ1n) is 9.60. The first-order chi connectivity index (χ1) is 14.8. The Kier molecular flexibility index (Phi) is 8.46. The summed E-state index contributed by atoms with van der Waals surface area (Å²) in [6, 6.07) is 13.6. The molecule has 10 heteroatoms. The predicted molar refractivity (Wildman–Crippen MR) is 116 cm³/mol. The third kappa shape index (κ3) is 6.49. The van der Waals surface area contributed by atoms with Crippen LogP contribution in [0.15, 0.2) is 46.6 Å². The van der Waals surface area contributed by atoms with Crippen LogP contribution < -0.4 is 14.7 Å². The number of anilines is 1. The van der Waals surface area contributed by atoms with Crippen LogP contribution in [0, 0.1) is 11.3 Å². The van der Waals surface area contributed by atoms with Gasteiger partial charge in [-0.05, 0) is 44.2 Å². The molecule has 0 aliphatic heterocycles. The summed E-state index contributed by atoms with van der Waals surface area (Å²) in [6.45, 7) is 4.61. The highest BCUT2D eigenvalue weighted by atomic mass is 35.5. The summed E-state index contributed by atoms with van der Waals surface area (Å²) in [5.41, 5.74) is 4.24. The molecule has 0 N–H and O–H groups in total. The van der Waals surface area contributed by atoms with Crippen molar-refractivity contribution in [2.24, 2.45) is 24.3 Å². The molecule has 0 atom stereocenters. The molecule has 9 nitrogen and oxygen atoms in total. The highest BCUT2D eigenvalue weighted by Crippen LogP contribution is 2.29. The Morgan fingerprint density at radius 1 is 1.32 bits per heavy atom. The van der Waals surface area contributed by atoms with Gasteiger partial charge in [0.25, 0.3) is 0 Å². The van der Waals surface area contributed by atoms with E-state index in [9.17, 15) is 0 Å². The summed E-state index contributed by atoms with van der Waals surface area (Å²) < 4.78 is 3.52. The third-order valence-electron chi connectivity index (χ3n) is 4.34. The summed E-state index contributed by atoms with van der Waals surface area (Å²) in [5, 5.41) is 31.4. The molecule has 1 aromatic heterocycles. The lowest BCUT2D eigenvalue weighted by atomic mass is 10.2. The Balaban J connectivity index is 0.000000785. The number of aliphatic carboxylic acids is 1. The van der Waals surface area contributed by atoms with E-state index in [1.54, 1.807) is 15.4 Å². The second-order valence-corrected chi connectivity index (χ2v) is 7.06. The van der Waals surface area contributed by atoms with Gasteiger partial charge in [-0.25, -0.2) is 0 Å². The van der Waals surface area contributed by atoms with E-state index in [4.69, 9.17) is 26.8 Å². The highest BCUT2D eigenvalue weighted by Gasteiger charge is 2.18. The van der Waals surface area contributed by atoms with E-state index in [2.05, 4.69) is 33.3 Å². The molecule has 3 rings (SSSR count). The van der Waals surface area contributed by atoms with E-state index in [0.717, 1.165) is 35.9 Å². The number of aryl methyl sites for hydroxylation is 2. The van der Waals surface area contributed by atoms with Crippen LogP contribution in [0.4, 0.5) is 17.1 Å². The van der Waals surface area contributed by atoms with Gasteiger partial charge in [0.05, 0.1) is 23.4 Å². The number of nitriles is 1. The van der Waals surface area contributed by atoms with Gasteiger partial charge in [-0.15, -0.1) is 14.5 Å². The summed E-state index contributed by atoms with van der Waals surface area (Å²) in [6.07, 6.45) is 0.502. The summed E-state index contributed by atoms with van der Waals surface area (Å²) in [5.74, 6) is -1.08. The molecule has 3 aromatic rings. The van der Waals surface area contributed by atoms with E-state index >= 15 is 0 Å². The molecule has 0 radical (unpaired) electrons. The van der Waals surface area contributed by atoms with Crippen molar-refractivity contribution >= 4 is 45.7 Å². The lowest BCUT2D eigenvalue weighted by Gasteiger charge is -2.21. The molecule has 0 saturated carbocycles. The maximum atomic E-state index is 8.89. The van der Waals surface area contributed by atoms with Crippen molar-refractivity contribution in [1.82, 2.24) is 9.90 Å². The van der Waals surface area contributed by atoms with Crippen molar-refractivity contribution < 1.29 is 14.6 Å². The Morgan fingerprint density at radius 3 is 2.55 bits per heavy atom. The molecule has 0 fully saturated rings. The third-order valence-corrected chi connectivity index (χ3v) is 4.56. The number of carboxylic acids is 1. The molecular weight excluding hydrogens is 418 g/mol. The molecule has 162 valence electrons. The molecule has 0 saturated heterocycles. The normalized spacial score (nSPS) is 10.6. The number of carbonyl (C=O) groups excluding carboxylic acids is 1. The topological polar surface area (TPSA) is 114 Å². The zero-order valence-corrected chi connectivity index (χ0v) is 18.7. The van der Waals surface area contributed by atoms with Crippen molar-refractivity contribution in [3.05, 3.63) is 41.4 Å². The molecule has 0 unspecified atom stereocenters. The van der Waals surface area contributed by atoms with Crippen molar-refractivity contribution in [3.63, 3.8) is 0 Å². The van der Waals surface area contributed by atoms with Crippen molar-refractivity contribution in [1.29, 1.82) is 5.26 Å². The van der Waals surface area contributed by atoms with Crippen molar-refractivity contribution in [3.8, 4) is 6.07 Å². The number of carboxylic acid groups (broad SMARTS) is 1. The Morgan fingerprint density at radius 2 is 1.97 bits per heavy atom. The molecule has 0 aliphatic rings. The minimum absolute atomic E-state index is 0.502. The number of aromatic nitrogens is 3. The average Bonchev–Trinajstić information content (AvgIpc) is 3.00. The van der Waals surface area contributed by atoms with Crippen LogP contribution in [0.25, 0.3) is 11.0 Å². The largest absolute Gasteiger partial charge is 0.550 e. The SMILES string of the molecule is CC(=O)[O-].CCN(CCC#N)c1ccc(N=Nc2cc(Cl)cc3c2[n+](C)nn3C)cc1. The number of rotatable bonds is 6. The lowest BCUT2D eigenvalue weighted by Crippen LogP contribution is -2.31. The van der Waals surface area contributed by atoms with E-state index in [1.165, 1.54) is 0 Å². The molecular formula is C21H24ClN7O2. The van der Waals surface area contributed by atoms with Gasteiger partial charge in [0.15, 0.2) is 0 Å². The van der Waals surface area contributed by atoms with E-state index in [0.29, 0.717) is 23.7 Å². The maximum absolute atomic E-state index is 8.89. The number of benzene rings is 2. The molecule has 0 amide bonds. The fourth-order valence-electron chi connectivity index (χ4n) is 3.02. The number of hydrogen-bond acceptors (Lipinski definition) is 7. The molecule has 31 heavy (non-hydrogen) atoms. The fraction of sp³-hybridized carbons (Fsp3) is 0.333. The smallest absolute Gasteiger partial charge is 0.225 e. The van der Waals surface area contributed by atoms with Gasteiger partial charge in [0, 0.05) is 35.8 Å². The van der Waals surface area contributed by atoms with Gasteiger partial charge in [-0.2, -0.15) is 10.4 Å². The summed E-state index contributed by atoms with van der Waals surface area (Å²) in [4.78, 5) is 11.0. The standard InChI is InChI=1S/C19H21ClN7.C2H4O2/c1-4-27(11-5-10-21)16-8-6-15(7-9-16)22-23-17-12-14(20)13-18-19(17)26(3)24-25(18)2;1-2(3)4/h6-9,12-13H,4-5,11H2,1-3H3;1H3,(H,3,4)/q+1;/p-1.